The van der Waals surface area contributed by atoms with E-state index in [-0.39, 0.29) is 22.9 Å². The fraction of sp³-hybridized carbons (Fsp3) is 0.300. The number of hydrogen-bond acceptors (Lipinski definition) is 6. The summed E-state index contributed by atoms with van der Waals surface area (Å²) in [4.78, 5) is 17.1. The Balaban J connectivity index is 1.60. The van der Waals surface area contributed by atoms with Gasteiger partial charge in [-0.2, -0.15) is 13.2 Å². The first kappa shape index (κ1) is 21.5. The Hall–Kier alpha value is -2.76. The zero-order chi connectivity index (χ0) is 22.0. The monoisotopic (exact) mass is 450 g/mol. The van der Waals surface area contributed by atoms with Crippen molar-refractivity contribution >= 4 is 40.7 Å². The van der Waals surface area contributed by atoms with Crippen molar-refractivity contribution in [3.8, 4) is 0 Å². The number of thioether (sulfide) groups is 1. The number of carbonyl (C=O) groups excluding carboxylic acids is 1. The van der Waals surface area contributed by atoms with Gasteiger partial charge in [0, 0.05) is 18.0 Å². The van der Waals surface area contributed by atoms with Crippen LogP contribution in [0.25, 0.3) is 0 Å². The average molecular weight is 450 g/mol. The Morgan fingerprint density at radius 2 is 2.06 bits per heavy atom. The number of amides is 1. The van der Waals surface area contributed by atoms with Crippen molar-refractivity contribution < 1.29 is 18.0 Å². The molecule has 0 radical (unpaired) electrons. The molecule has 2 atom stereocenters. The van der Waals surface area contributed by atoms with Crippen LogP contribution in [0.4, 0.5) is 30.2 Å². The number of rotatable bonds is 3. The van der Waals surface area contributed by atoms with E-state index in [0.29, 0.717) is 18.0 Å². The fourth-order valence-corrected chi connectivity index (χ4v) is 4.24. The molecular formula is C20H21F3N6OS. The Morgan fingerprint density at radius 1 is 1.23 bits per heavy atom. The largest absolute Gasteiger partial charge is 0.416 e. The van der Waals surface area contributed by atoms with Crippen molar-refractivity contribution in [1.29, 1.82) is 0 Å². The molecule has 0 saturated carbocycles. The Morgan fingerprint density at radius 3 is 2.81 bits per heavy atom. The SMILES string of the molecule is CC1NC(C(=O)NC(=Nc2ccc3c(c2)CNN3)Nc2cccc(C(F)(F)F)c2)CS1. The molecule has 2 aromatic carbocycles. The Kier molecular flexibility index (Phi) is 6.08. The lowest BCUT2D eigenvalue weighted by molar-refractivity contribution is -0.137. The molecule has 2 unspecified atom stereocenters. The van der Waals surface area contributed by atoms with Crippen LogP contribution in [0.15, 0.2) is 47.5 Å². The number of benzene rings is 2. The highest BCUT2D eigenvalue weighted by molar-refractivity contribution is 8.00. The van der Waals surface area contributed by atoms with Crippen LogP contribution in [-0.2, 0) is 17.5 Å². The van der Waals surface area contributed by atoms with Crippen LogP contribution in [-0.4, -0.2) is 29.0 Å². The quantitative estimate of drug-likeness (QED) is 0.364. The van der Waals surface area contributed by atoms with Gasteiger partial charge in [0.2, 0.25) is 11.9 Å². The Labute approximate surface area is 181 Å². The minimum atomic E-state index is -4.47. The van der Waals surface area contributed by atoms with Crippen LogP contribution in [0.2, 0.25) is 0 Å². The Bertz CT molecular complexity index is 1010. The maximum Gasteiger partial charge on any atom is 0.416 e. The van der Waals surface area contributed by atoms with E-state index in [9.17, 15) is 18.0 Å². The van der Waals surface area contributed by atoms with Crippen molar-refractivity contribution in [3.63, 3.8) is 0 Å². The summed E-state index contributed by atoms with van der Waals surface area (Å²) in [6.07, 6.45) is -4.47. The number of anilines is 2. The van der Waals surface area contributed by atoms with Gasteiger partial charge in [-0.05, 0) is 48.9 Å². The van der Waals surface area contributed by atoms with Crippen LogP contribution in [0, 0.1) is 0 Å². The van der Waals surface area contributed by atoms with E-state index >= 15 is 0 Å². The molecule has 11 heteroatoms. The molecule has 2 aromatic rings. The van der Waals surface area contributed by atoms with E-state index in [1.54, 1.807) is 17.8 Å². The van der Waals surface area contributed by atoms with Gasteiger partial charge in [0.1, 0.15) is 0 Å². The fourth-order valence-electron chi connectivity index (χ4n) is 3.25. The second-order valence-corrected chi connectivity index (χ2v) is 8.54. The second-order valence-electron chi connectivity index (χ2n) is 7.17. The summed E-state index contributed by atoms with van der Waals surface area (Å²) < 4.78 is 39.2. The van der Waals surface area contributed by atoms with E-state index < -0.39 is 17.8 Å². The number of carbonyl (C=O) groups is 1. The number of halogens is 3. The van der Waals surface area contributed by atoms with Gasteiger partial charge in [-0.25, -0.2) is 10.4 Å². The number of hydrazine groups is 1. The van der Waals surface area contributed by atoms with Gasteiger partial charge in [0.05, 0.1) is 28.4 Å². The molecule has 31 heavy (non-hydrogen) atoms. The first-order chi connectivity index (χ1) is 14.8. The van der Waals surface area contributed by atoms with Gasteiger partial charge in [-0.1, -0.05) is 6.07 Å². The predicted octanol–water partition coefficient (Wildman–Crippen LogP) is 3.40. The highest BCUT2D eigenvalue weighted by Crippen LogP contribution is 2.31. The third kappa shape index (κ3) is 5.30. The molecule has 0 bridgehead atoms. The number of guanidine groups is 1. The van der Waals surface area contributed by atoms with Gasteiger partial charge in [0.15, 0.2) is 0 Å². The lowest BCUT2D eigenvalue weighted by Crippen LogP contribution is -2.47. The summed E-state index contributed by atoms with van der Waals surface area (Å²) in [5, 5.41) is 8.83. The maximum absolute atomic E-state index is 13.1. The summed E-state index contributed by atoms with van der Waals surface area (Å²) in [7, 11) is 0. The number of nitrogens with one attached hydrogen (secondary N) is 5. The topological polar surface area (TPSA) is 89.6 Å². The molecule has 1 amide bonds. The standard InChI is InChI=1S/C20H21F3N6OS/c1-11-25-17(10-31-11)18(30)28-19(26-14-4-2-3-13(8-14)20(21,22)23)27-15-5-6-16-12(7-15)9-24-29-16/h2-8,11,17,24-25,29H,9-10H2,1H3,(H2,26,27,28,30). The molecule has 2 aliphatic heterocycles. The van der Waals surface area contributed by atoms with Crippen LogP contribution in [0.1, 0.15) is 18.1 Å². The molecule has 4 rings (SSSR count). The highest BCUT2D eigenvalue weighted by Gasteiger charge is 2.31. The van der Waals surface area contributed by atoms with Crippen LogP contribution in [0.3, 0.4) is 0 Å². The van der Waals surface area contributed by atoms with Gasteiger partial charge in [-0.3, -0.25) is 15.4 Å². The number of fused-ring (bicyclic) bond motifs is 1. The lowest BCUT2D eigenvalue weighted by Gasteiger charge is -2.16. The maximum atomic E-state index is 13.1. The van der Waals surface area contributed by atoms with Gasteiger partial charge in [0.25, 0.3) is 0 Å². The van der Waals surface area contributed by atoms with Crippen molar-refractivity contribution in [2.24, 2.45) is 4.99 Å². The predicted molar refractivity (Wildman–Crippen MR) is 116 cm³/mol. The summed E-state index contributed by atoms with van der Waals surface area (Å²) in [6.45, 7) is 2.57. The zero-order valence-corrected chi connectivity index (χ0v) is 17.3. The van der Waals surface area contributed by atoms with Gasteiger partial charge in [-0.15, -0.1) is 11.8 Å². The smallest absolute Gasteiger partial charge is 0.326 e. The lowest BCUT2D eigenvalue weighted by atomic mass is 10.2. The summed E-state index contributed by atoms with van der Waals surface area (Å²) in [5.41, 5.74) is 7.87. The van der Waals surface area contributed by atoms with Crippen molar-refractivity contribution in [2.45, 2.75) is 31.1 Å². The molecule has 2 heterocycles. The molecule has 1 fully saturated rings. The van der Waals surface area contributed by atoms with E-state index in [2.05, 4.69) is 31.8 Å². The minimum absolute atomic E-state index is 0.0505. The summed E-state index contributed by atoms with van der Waals surface area (Å²) in [6, 6.07) is 9.77. The molecule has 0 aliphatic carbocycles. The third-order valence-electron chi connectivity index (χ3n) is 4.79. The van der Waals surface area contributed by atoms with E-state index in [1.165, 1.54) is 12.1 Å². The number of hydrogen-bond donors (Lipinski definition) is 5. The minimum Gasteiger partial charge on any atom is -0.326 e. The molecule has 2 aliphatic rings. The molecule has 0 spiro atoms. The molecule has 1 saturated heterocycles. The van der Waals surface area contributed by atoms with Gasteiger partial charge < -0.3 is 10.7 Å². The summed E-state index contributed by atoms with van der Waals surface area (Å²) >= 11 is 1.62. The molecule has 7 nitrogen and oxygen atoms in total. The highest BCUT2D eigenvalue weighted by atomic mass is 32.2. The van der Waals surface area contributed by atoms with Crippen LogP contribution in [0.5, 0.6) is 0 Å². The molecule has 5 N–H and O–H groups in total. The van der Waals surface area contributed by atoms with Crippen molar-refractivity contribution in [2.75, 3.05) is 16.5 Å². The normalized spacial score (nSPS) is 20.8. The molecule has 0 aromatic heterocycles. The van der Waals surface area contributed by atoms with E-state index in [1.807, 2.05) is 19.1 Å². The second kappa shape index (κ2) is 8.77. The first-order valence-electron chi connectivity index (χ1n) is 9.61. The van der Waals surface area contributed by atoms with Gasteiger partial charge >= 0.3 is 6.18 Å². The molecular weight excluding hydrogens is 429 g/mol. The average Bonchev–Trinajstić information content (AvgIpc) is 3.36. The number of aliphatic imine (C=N–C) groups is 1. The summed E-state index contributed by atoms with van der Waals surface area (Å²) in [5.74, 6) is 0.342. The first-order valence-corrected chi connectivity index (χ1v) is 10.7. The van der Waals surface area contributed by atoms with E-state index in [0.717, 1.165) is 23.4 Å². The number of alkyl halides is 3. The van der Waals surface area contributed by atoms with E-state index in [4.69, 9.17) is 0 Å². The van der Waals surface area contributed by atoms with Crippen LogP contribution < -0.4 is 26.8 Å². The van der Waals surface area contributed by atoms with Crippen LogP contribution >= 0.6 is 11.8 Å². The zero-order valence-electron chi connectivity index (χ0n) is 16.5. The van der Waals surface area contributed by atoms with Crippen molar-refractivity contribution in [1.82, 2.24) is 16.1 Å². The van der Waals surface area contributed by atoms with Crippen molar-refractivity contribution in [3.05, 3.63) is 53.6 Å². The molecule has 164 valence electrons. The third-order valence-corrected chi connectivity index (χ3v) is 5.95. The number of nitrogens with zero attached hydrogens (tertiary/aromatic N) is 1.